The predicted octanol–water partition coefficient (Wildman–Crippen LogP) is 0.0414. The monoisotopic (exact) mass is 171 g/mol. The Bertz CT molecular complexity index is 204. The number of carbonyl (C=O) groups is 1. The molecule has 0 bridgehead atoms. The van der Waals surface area contributed by atoms with Crippen molar-refractivity contribution in [3.63, 3.8) is 0 Å². The smallest absolute Gasteiger partial charge is 0.351 e. The zero-order valence-corrected chi connectivity index (χ0v) is 6.86. The van der Waals surface area contributed by atoms with E-state index < -0.39 is 11.7 Å². The van der Waals surface area contributed by atoms with E-state index in [2.05, 4.69) is 6.58 Å². The molecule has 1 atom stereocenters. The van der Waals surface area contributed by atoms with Crippen LogP contribution in [0.5, 0.6) is 0 Å². The second-order valence-electron chi connectivity index (χ2n) is 2.96. The van der Waals surface area contributed by atoms with Crippen molar-refractivity contribution in [1.82, 2.24) is 4.90 Å². The molecule has 1 heterocycles. The van der Waals surface area contributed by atoms with E-state index in [-0.39, 0.29) is 0 Å². The average Bonchev–Trinajstić information content (AvgIpc) is 2.35. The largest absolute Gasteiger partial charge is 0.478 e. The average molecular weight is 171 g/mol. The molecule has 4 heteroatoms. The molecule has 0 aromatic rings. The van der Waals surface area contributed by atoms with Gasteiger partial charge in [0.15, 0.2) is 0 Å². The number of carboxylic acids is 1. The van der Waals surface area contributed by atoms with Gasteiger partial charge in [-0.05, 0) is 6.42 Å². The molecular formula is C8H13NO3. The van der Waals surface area contributed by atoms with Crippen LogP contribution in [0.2, 0.25) is 0 Å². The molecule has 1 unspecified atom stereocenters. The van der Waals surface area contributed by atoms with Crippen LogP contribution in [-0.2, 0) is 4.79 Å². The van der Waals surface area contributed by atoms with Gasteiger partial charge in [0, 0.05) is 19.5 Å². The highest BCUT2D eigenvalue weighted by Crippen LogP contribution is 2.26. The van der Waals surface area contributed by atoms with Crippen LogP contribution in [0.1, 0.15) is 12.8 Å². The fourth-order valence-electron chi connectivity index (χ4n) is 1.50. The Morgan fingerprint density at radius 2 is 2.42 bits per heavy atom. The van der Waals surface area contributed by atoms with Gasteiger partial charge in [0.05, 0.1) is 0 Å². The predicted molar refractivity (Wildman–Crippen MR) is 43.6 cm³/mol. The Balaban J connectivity index is 2.73. The van der Waals surface area contributed by atoms with Crippen molar-refractivity contribution in [3.8, 4) is 0 Å². The number of carboxylic acid groups (broad SMARTS) is 1. The summed E-state index contributed by atoms with van der Waals surface area (Å²) >= 11 is 0. The molecule has 0 radical (unpaired) electrons. The van der Waals surface area contributed by atoms with Crippen LogP contribution in [0.4, 0.5) is 0 Å². The minimum atomic E-state index is -1.66. The number of likely N-dealkylation sites (tertiary alicyclic amines) is 1. The van der Waals surface area contributed by atoms with Crippen LogP contribution >= 0.6 is 0 Å². The summed E-state index contributed by atoms with van der Waals surface area (Å²) in [6, 6.07) is 0. The standard InChI is InChI=1S/C8H13NO3/c1-2-5-9-6-3-4-8(9,12)7(10)11/h2,12H,1,3-6H2,(H,10,11). The van der Waals surface area contributed by atoms with Crippen molar-refractivity contribution in [3.05, 3.63) is 12.7 Å². The van der Waals surface area contributed by atoms with Crippen LogP contribution in [-0.4, -0.2) is 39.9 Å². The van der Waals surface area contributed by atoms with Gasteiger partial charge in [-0.2, -0.15) is 0 Å². The fourth-order valence-corrected chi connectivity index (χ4v) is 1.50. The highest BCUT2D eigenvalue weighted by Gasteiger charge is 2.45. The SMILES string of the molecule is C=CCN1CCCC1(O)C(=O)O. The summed E-state index contributed by atoms with van der Waals surface area (Å²) in [6.45, 7) is 4.54. The van der Waals surface area contributed by atoms with Gasteiger partial charge in [-0.1, -0.05) is 6.08 Å². The molecule has 4 nitrogen and oxygen atoms in total. The molecule has 0 saturated carbocycles. The topological polar surface area (TPSA) is 60.8 Å². The first-order valence-corrected chi connectivity index (χ1v) is 3.93. The first-order valence-electron chi connectivity index (χ1n) is 3.93. The summed E-state index contributed by atoms with van der Waals surface area (Å²) < 4.78 is 0. The van der Waals surface area contributed by atoms with Crippen molar-refractivity contribution in [2.45, 2.75) is 18.6 Å². The molecule has 0 spiro atoms. The van der Waals surface area contributed by atoms with Gasteiger partial charge in [0.1, 0.15) is 0 Å². The van der Waals surface area contributed by atoms with Crippen LogP contribution in [0.3, 0.4) is 0 Å². The lowest BCUT2D eigenvalue weighted by Gasteiger charge is -2.28. The van der Waals surface area contributed by atoms with Crippen molar-refractivity contribution >= 4 is 5.97 Å². The maximum atomic E-state index is 10.7. The molecule has 1 fully saturated rings. The second-order valence-corrected chi connectivity index (χ2v) is 2.96. The van der Waals surface area contributed by atoms with E-state index in [1.165, 1.54) is 4.90 Å². The summed E-state index contributed by atoms with van der Waals surface area (Å²) in [5.74, 6) is -1.16. The third-order valence-electron chi connectivity index (χ3n) is 2.17. The normalized spacial score (nSPS) is 30.4. The van der Waals surface area contributed by atoms with Gasteiger partial charge in [-0.15, -0.1) is 6.58 Å². The van der Waals surface area contributed by atoms with Gasteiger partial charge >= 0.3 is 5.97 Å². The first-order chi connectivity index (χ1) is 5.61. The van der Waals surface area contributed by atoms with Gasteiger partial charge in [-0.25, -0.2) is 4.79 Å². The number of hydrogen-bond acceptors (Lipinski definition) is 3. The maximum absolute atomic E-state index is 10.7. The van der Waals surface area contributed by atoms with Crippen LogP contribution in [0.25, 0.3) is 0 Å². The lowest BCUT2D eigenvalue weighted by atomic mass is 10.1. The van der Waals surface area contributed by atoms with E-state index in [9.17, 15) is 9.90 Å². The molecule has 1 aliphatic heterocycles. The van der Waals surface area contributed by atoms with Crippen molar-refractivity contribution in [1.29, 1.82) is 0 Å². The second kappa shape index (κ2) is 3.25. The molecular weight excluding hydrogens is 158 g/mol. The Morgan fingerprint density at radius 3 is 2.92 bits per heavy atom. The molecule has 68 valence electrons. The number of rotatable bonds is 3. The molecule has 1 aliphatic rings. The van der Waals surface area contributed by atoms with E-state index in [1.54, 1.807) is 6.08 Å². The van der Waals surface area contributed by atoms with Crippen LogP contribution in [0.15, 0.2) is 12.7 Å². The first kappa shape index (κ1) is 9.22. The molecule has 1 rings (SSSR count). The van der Waals surface area contributed by atoms with Crippen LogP contribution in [0, 0.1) is 0 Å². The lowest BCUT2D eigenvalue weighted by Crippen LogP contribution is -2.50. The van der Waals surface area contributed by atoms with E-state index in [0.29, 0.717) is 19.5 Å². The zero-order valence-electron chi connectivity index (χ0n) is 6.86. The fraction of sp³-hybridized carbons (Fsp3) is 0.625. The third-order valence-corrected chi connectivity index (χ3v) is 2.17. The summed E-state index contributed by atoms with van der Waals surface area (Å²) in [7, 11) is 0. The maximum Gasteiger partial charge on any atom is 0.351 e. The minimum Gasteiger partial charge on any atom is -0.478 e. The molecule has 0 aromatic carbocycles. The molecule has 0 aromatic heterocycles. The van der Waals surface area contributed by atoms with Gasteiger partial charge in [0.2, 0.25) is 5.72 Å². The molecule has 2 N–H and O–H groups in total. The van der Waals surface area contributed by atoms with Crippen molar-refractivity contribution in [2.75, 3.05) is 13.1 Å². The van der Waals surface area contributed by atoms with E-state index in [1.807, 2.05) is 0 Å². The van der Waals surface area contributed by atoms with Gasteiger partial charge < -0.3 is 10.2 Å². The van der Waals surface area contributed by atoms with Crippen molar-refractivity contribution in [2.24, 2.45) is 0 Å². The minimum absolute atomic E-state index is 0.302. The van der Waals surface area contributed by atoms with Gasteiger partial charge in [0.25, 0.3) is 0 Å². The quantitative estimate of drug-likeness (QED) is 0.589. The summed E-state index contributed by atoms with van der Waals surface area (Å²) in [6.07, 6.45) is 2.62. The molecule has 1 saturated heterocycles. The molecule has 0 aliphatic carbocycles. The van der Waals surface area contributed by atoms with E-state index in [0.717, 1.165) is 6.42 Å². The Hall–Kier alpha value is -0.870. The molecule has 0 amide bonds. The lowest BCUT2D eigenvalue weighted by molar-refractivity contribution is -0.175. The summed E-state index contributed by atoms with van der Waals surface area (Å²) in [4.78, 5) is 12.2. The Kier molecular flexibility index (Phi) is 2.49. The number of aliphatic hydroxyl groups is 1. The van der Waals surface area contributed by atoms with Gasteiger partial charge in [-0.3, -0.25) is 4.90 Å². The highest BCUT2D eigenvalue weighted by molar-refractivity contribution is 5.76. The van der Waals surface area contributed by atoms with Crippen LogP contribution < -0.4 is 0 Å². The van der Waals surface area contributed by atoms with Crippen molar-refractivity contribution < 1.29 is 15.0 Å². The Labute approximate surface area is 71.1 Å². The Morgan fingerprint density at radius 1 is 1.75 bits per heavy atom. The number of hydrogen-bond donors (Lipinski definition) is 2. The third kappa shape index (κ3) is 1.35. The zero-order chi connectivity index (χ0) is 9.19. The number of aliphatic carboxylic acids is 1. The highest BCUT2D eigenvalue weighted by atomic mass is 16.4. The van der Waals surface area contributed by atoms with E-state index in [4.69, 9.17) is 5.11 Å². The molecule has 12 heavy (non-hydrogen) atoms. The van der Waals surface area contributed by atoms with E-state index >= 15 is 0 Å². The summed E-state index contributed by atoms with van der Waals surface area (Å²) in [5, 5.41) is 18.4. The summed E-state index contributed by atoms with van der Waals surface area (Å²) in [5.41, 5.74) is -1.66. The number of nitrogens with zero attached hydrogens (tertiary/aromatic N) is 1.